The van der Waals surface area contributed by atoms with Gasteiger partial charge in [-0.3, -0.25) is 4.98 Å². The molecule has 19 heavy (non-hydrogen) atoms. The molecule has 0 aliphatic carbocycles. The van der Waals surface area contributed by atoms with Gasteiger partial charge in [-0.05, 0) is 25.1 Å². The molecule has 0 aliphatic heterocycles. The molecule has 0 bridgehead atoms. The third kappa shape index (κ3) is 3.01. The van der Waals surface area contributed by atoms with E-state index in [0.29, 0.717) is 11.5 Å². The summed E-state index contributed by atoms with van der Waals surface area (Å²) in [6, 6.07) is 7.96. The van der Waals surface area contributed by atoms with Crippen LogP contribution in [0, 0.1) is 6.92 Å². The molecule has 2 aromatic rings. The number of pyridine rings is 1. The normalized spacial score (nSPS) is 10.0. The van der Waals surface area contributed by atoms with Crippen LogP contribution in [0.4, 0.5) is 0 Å². The lowest BCUT2D eigenvalue weighted by molar-refractivity contribution is 0.0694. The van der Waals surface area contributed by atoms with Crippen molar-refractivity contribution in [1.82, 2.24) is 4.98 Å². The van der Waals surface area contributed by atoms with Crippen molar-refractivity contribution in [1.29, 1.82) is 0 Å². The van der Waals surface area contributed by atoms with Gasteiger partial charge in [0.1, 0.15) is 22.8 Å². The molecule has 1 heterocycles. The van der Waals surface area contributed by atoms with Gasteiger partial charge in [0.25, 0.3) is 0 Å². The van der Waals surface area contributed by atoms with Crippen LogP contribution in [0.5, 0.6) is 17.2 Å². The molecule has 1 aromatic heterocycles. The highest BCUT2D eigenvalue weighted by Crippen LogP contribution is 2.29. The Labute approximate surface area is 110 Å². The van der Waals surface area contributed by atoms with Crippen LogP contribution in [0.1, 0.15) is 16.1 Å². The van der Waals surface area contributed by atoms with E-state index in [1.54, 1.807) is 30.5 Å². The molecule has 0 atom stereocenters. The van der Waals surface area contributed by atoms with Crippen LogP contribution < -0.4 is 9.47 Å². The maximum Gasteiger partial charge on any atom is 0.339 e. The summed E-state index contributed by atoms with van der Waals surface area (Å²) in [6.07, 6.45) is 1.60. The number of hydrogen-bond donors (Lipinski definition) is 1. The molecule has 0 saturated carbocycles. The lowest BCUT2D eigenvalue weighted by atomic mass is 10.2. The van der Waals surface area contributed by atoms with Crippen LogP contribution >= 0.6 is 0 Å². The van der Waals surface area contributed by atoms with Crippen LogP contribution in [0.15, 0.2) is 36.5 Å². The van der Waals surface area contributed by atoms with E-state index in [1.165, 1.54) is 13.2 Å². The minimum atomic E-state index is -1.05. The average molecular weight is 259 g/mol. The van der Waals surface area contributed by atoms with Gasteiger partial charge in [-0.2, -0.15) is 0 Å². The van der Waals surface area contributed by atoms with E-state index in [9.17, 15) is 4.79 Å². The van der Waals surface area contributed by atoms with Crippen LogP contribution in [0.3, 0.4) is 0 Å². The van der Waals surface area contributed by atoms with Crippen molar-refractivity contribution < 1.29 is 19.4 Å². The molecule has 0 unspecified atom stereocenters. The Hall–Kier alpha value is -2.56. The van der Waals surface area contributed by atoms with Crippen molar-refractivity contribution in [3.63, 3.8) is 0 Å². The van der Waals surface area contributed by atoms with Gasteiger partial charge in [0.15, 0.2) is 0 Å². The first-order valence-corrected chi connectivity index (χ1v) is 5.62. The predicted octanol–water partition coefficient (Wildman–Crippen LogP) is 2.89. The van der Waals surface area contributed by atoms with Gasteiger partial charge in [0.2, 0.25) is 0 Å². The van der Waals surface area contributed by atoms with E-state index in [1.807, 2.05) is 6.92 Å². The van der Waals surface area contributed by atoms with Gasteiger partial charge in [0.05, 0.1) is 7.11 Å². The van der Waals surface area contributed by atoms with E-state index in [0.717, 1.165) is 5.69 Å². The van der Waals surface area contributed by atoms with E-state index >= 15 is 0 Å². The summed E-state index contributed by atoms with van der Waals surface area (Å²) in [7, 11) is 1.51. The van der Waals surface area contributed by atoms with E-state index in [4.69, 9.17) is 14.6 Å². The molecule has 0 radical (unpaired) electrons. The van der Waals surface area contributed by atoms with Gasteiger partial charge >= 0.3 is 5.97 Å². The molecule has 0 spiro atoms. The van der Waals surface area contributed by atoms with Crippen molar-refractivity contribution in [2.24, 2.45) is 0 Å². The third-order valence-electron chi connectivity index (χ3n) is 2.52. The minimum absolute atomic E-state index is 0.0789. The van der Waals surface area contributed by atoms with Crippen molar-refractivity contribution >= 4 is 5.97 Å². The predicted molar refractivity (Wildman–Crippen MR) is 69.0 cm³/mol. The zero-order chi connectivity index (χ0) is 13.8. The van der Waals surface area contributed by atoms with Gasteiger partial charge in [-0.1, -0.05) is 0 Å². The fraction of sp³-hybridized carbons (Fsp3) is 0.143. The smallest absolute Gasteiger partial charge is 0.339 e. The zero-order valence-corrected chi connectivity index (χ0v) is 10.6. The Morgan fingerprint density at radius 2 is 2.00 bits per heavy atom. The number of nitrogens with zero attached hydrogens (tertiary/aromatic N) is 1. The standard InChI is InChI=1S/C14H13NO4/c1-9-7-11(5-6-15-9)19-13-8-10(18-2)3-4-12(13)14(16)17/h3-8H,1-2H3,(H,16,17). The van der Waals surface area contributed by atoms with Gasteiger partial charge < -0.3 is 14.6 Å². The largest absolute Gasteiger partial charge is 0.497 e. The summed E-state index contributed by atoms with van der Waals surface area (Å²) in [5, 5.41) is 9.13. The second kappa shape index (κ2) is 5.39. The molecule has 1 N–H and O–H groups in total. The van der Waals surface area contributed by atoms with E-state index < -0.39 is 5.97 Å². The molecule has 0 amide bonds. The van der Waals surface area contributed by atoms with Crippen LogP contribution in [-0.4, -0.2) is 23.2 Å². The first-order valence-electron chi connectivity index (χ1n) is 5.62. The lowest BCUT2D eigenvalue weighted by Crippen LogP contribution is -2.00. The summed E-state index contributed by atoms with van der Waals surface area (Å²) >= 11 is 0. The number of carboxylic acids is 1. The summed E-state index contributed by atoms with van der Waals surface area (Å²) < 4.78 is 10.7. The van der Waals surface area contributed by atoms with Gasteiger partial charge in [0, 0.05) is 24.0 Å². The quantitative estimate of drug-likeness (QED) is 0.914. The molecule has 0 aliphatic rings. The molecule has 1 aromatic carbocycles. The first-order chi connectivity index (χ1) is 9.10. The topological polar surface area (TPSA) is 68.7 Å². The van der Waals surface area contributed by atoms with Crippen molar-refractivity contribution in [3.8, 4) is 17.2 Å². The number of methoxy groups -OCH3 is 1. The average Bonchev–Trinajstić information content (AvgIpc) is 2.38. The van der Waals surface area contributed by atoms with Crippen LogP contribution in [0.25, 0.3) is 0 Å². The number of ether oxygens (including phenoxy) is 2. The summed E-state index contributed by atoms with van der Waals surface area (Å²) in [6.45, 7) is 1.83. The number of aromatic nitrogens is 1. The van der Waals surface area contributed by atoms with Crippen LogP contribution in [0.2, 0.25) is 0 Å². The summed E-state index contributed by atoms with van der Waals surface area (Å²) in [4.78, 5) is 15.2. The molecule has 0 saturated heterocycles. The second-order valence-corrected chi connectivity index (χ2v) is 3.90. The Morgan fingerprint density at radius 1 is 1.21 bits per heavy atom. The van der Waals surface area contributed by atoms with Gasteiger partial charge in [-0.15, -0.1) is 0 Å². The number of hydrogen-bond acceptors (Lipinski definition) is 4. The second-order valence-electron chi connectivity index (χ2n) is 3.90. The Kier molecular flexibility index (Phi) is 3.66. The van der Waals surface area contributed by atoms with Crippen molar-refractivity contribution in [2.45, 2.75) is 6.92 Å². The number of carbonyl (C=O) groups is 1. The third-order valence-corrected chi connectivity index (χ3v) is 2.52. The minimum Gasteiger partial charge on any atom is -0.497 e. The molecular weight excluding hydrogens is 246 g/mol. The van der Waals surface area contributed by atoms with Gasteiger partial charge in [-0.25, -0.2) is 4.79 Å². The summed E-state index contributed by atoms with van der Waals surface area (Å²) in [5.74, 6) is 0.245. The number of aromatic carboxylic acids is 1. The monoisotopic (exact) mass is 259 g/mol. The molecule has 2 rings (SSSR count). The first kappa shape index (κ1) is 12.9. The molecule has 0 fully saturated rings. The Morgan fingerprint density at radius 3 is 2.63 bits per heavy atom. The van der Waals surface area contributed by atoms with E-state index in [2.05, 4.69) is 4.98 Å². The number of benzene rings is 1. The molecular formula is C14H13NO4. The molecule has 5 heteroatoms. The number of rotatable bonds is 4. The zero-order valence-electron chi connectivity index (χ0n) is 10.6. The van der Waals surface area contributed by atoms with Crippen molar-refractivity contribution in [3.05, 3.63) is 47.8 Å². The van der Waals surface area contributed by atoms with E-state index in [-0.39, 0.29) is 11.3 Å². The number of aryl methyl sites for hydroxylation is 1. The Bertz CT molecular complexity index is 610. The van der Waals surface area contributed by atoms with Crippen molar-refractivity contribution in [2.75, 3.05) is 7.11 Å². The highest BCUT2D eigenvalue weighted by Gasteiger charge is 2.13. The summed E-state index contributed by atoms with van der Waals surface area (Å²) in [5.41, 5.74) is 0.868. The number of carboxylic acid groups (broad SMARTS) is 1. The maximum absolute atomic E-state index is 11.1. The Balaban J connectivity index is 2.39. The fourth-order valence-corrected chi connectivity index (χ4v) is 1.60. The lowest BCUT2D eigenvalue weighted by Gasteiger charge is -2.10. The molecule has 98 valence electrons. The molecule has 5 nitrogen and oxygen atoms in total. The SMILES string of the molecule is COc1ccc(C(=O)O)c(Oc2ccnc(C)c2)c1. The maximum atomic E-state index is 11.1. The van der Waals surface area contributed by atoms with Crippen LogP contribution in [-0.2, 0) is 0 Å². The fourth-order valence-electron chi connectivity index (χ4n) is 1.60. The highest BCUT2D eigenvalue weighted by molar-refractivity contribution is 5.91. The highest BCUT2D eigenvalue weighted by atomic mass is 16.5.